The summed E-state index contributed by atoms with van der Waals surface area (Å²) in [5, 5.41) is 12.4. The highest BCUT2D eigenvalue weighted by atomic mass is 16.6. The number of aliphatic hydroxyl groups is 1. The molecule has 0 saturated heterocycles. The zero-order valence-electron chi connectivity index (χ0n) is 31.0. The molecule has 0 fully saturated rings. The second-order valence-electron chi connectivity index (χ2n) is 17.5. The smallest absolute Gasteiger partial charge is 0.199 e. The summed E-state index contributed by atoms with van der Waals surface area (Å²) in [6.07, 6.45) is 4.18. The first kappa shape index (κ1) is 37.9. The van der Waals surface area contributed by atoms with E-state index in [9.17, 15) is 5.11 Å². The van der Waals surface area contributed by atoms with Gasteiger partial charge in [0.15, 0.2) is 23.0 Å². The maximum absolute atomic E-state index is 12.4. The Balaban J connectivity index is 2.76. The molecule has 7 heteroatoms. The van der Waals surface area contributed by atoms with Crippen molar-refractivity contribution < 1.29 is 33.5 Å². The quantitative estimate of drug-likeness (QED) is 0.261. The van der Waals surface area contributed by atoms with Gasteiger partial charge in [-0.05, 0) is 135 Å². The van der Waals surface area contributed by atoms with Gasteiger partial charge in [-0.1, -0.05) is 13.8 Å². The molecule has 2 aliphatic carbocycles. The molecule has 2 rings (SSSR count). The predicted octanol–water partition coefficient (Wildman–Crippen LogP) is 9.33. The van der Waals surface area contributed by atoms with E-state index in [1.165, 1.54) is 0 Å². The van der Waals surface area contributed by atoms with Crippen LogP contribution in [0.5, 0.6) is 0 Å². The highest BCUT2D eigenvalue weighted by molar-refractivity contribution is 5.35. The molecule has 0 aromatic carbocycles. The Morgan fingerprint density at radius 3 is 1.25 bits per heavy atom. The first-order valence-corrected chi connectivity index (χ1v) is 16.3. The Bertz CT molecular complexity index is 1100. The van der Waals surface area contributed by atoms with Crippen molar-refractivity contribution in [3.05, 3.63) is 46.7 Å². The maximum atomic E-state index is 12.4. The summed E-state index contributed by atoms with van der Waals surface area (Å²) in [6, 6.07) is 0. The maximum Gasteiger partial charge on any atom is 0.199 e. The van der Waals surface area contributed by atoms with Crippen LogP contribution in [0.3, 0.4) is 0 Å². The van der Waals surface area contributed by atoms with Crippen LogP contribution in [0.1, 0.15) is 131 Å². The summed E-state index contributed by atoms with van der Waals surface area (Å²) in [4.78, 5) is 0. The third-order valence-corrected chi connectivity index (χ3v) is 6.14. The van der Waals surface area contributed by atoms with Gasteiger partial charge in [-0.3, -0.25) is 0 Å². The Hall–Kier alpha value is -2.28. The Morgan fingerprint density at radius 2 is 0.909 bits per heavy atom. The van der Waals surface area contributed by atoms with Crippen molar-refractivity contribution in [1.29, 1.82) is 0 Å². The van der Waals surface area contributed by atoms with Crippen LogP contribution in [0, 0.1) is 17.8 Å². The van der Waals surface area contributed by atoms with Crippen LogP contribution in [0.15, 0.2) is 46.7 Å². The third-order valence-electron chi connectivity index (χ3n) is 6.14. The molecule has 0 bridgehead atoms. The van der Waals surface area contributed by atoms with E-state index in [1.54, 1.807) is 0 Å². The predicted molar refractivity (Wildman–Crippen MR) is 177 cm³/mol. The number of ether oxygens (including phenoxy) is 6. The molecule has 0 saturated carbocycles. The molecule has 0 spiro atoms. The van der Waals surface area contributed by atoms with Gasteiger partial charge in [0.05, 0.1) is 24.5 Å². The van der Waals surface area contributed by atoms with Crippen LogP contribution in [0.2, 0.25) is 0 Å². The summed E-state index contributed by atoms with van der Waals surface area (Å²) in [7, 11) is 0. The Morgan fingerprint density at radius 1 is 0.568 bits per heavy atom. The highest BCUT2D eigenvalue weighted by Crippen LogP contribution is 2.45. The fourth-order valence-electron chi connectivity index (χ4n) is 4.83. The fraction of sp³-hybridized carbons (Fsp3) is 0.784. The normalized spacial score (nSPS) is 21.5. The summed E-state index contributed by atoms with van der Waals surface area (Å²) in [5.41, 5.74) is -2.58. The van der Waals surface area contributed by atoms with Gasteiger partial charge in [-0.15, -0.1) is 0 Å². The molecular formula is C37H64O7. The molecule has 0 heterocycles. The Labute approximate surface area is 269 Å². The van der Waals surface area contributed by atoms with E-state index in [1.807, 2.05) is 116 Å². The zero-order chi connectivity index (χ0) is 34.1. The minimum absolute atomic E-state index is 0.337. The van der Waals surface area contributed by atoms with E-state index in [0.717, 1.165) is 0 Å². The first-order valence-electron chi connectivity index (χ1n) is 16.3. The highest BCUT2D eigenvalue weighted by Gasteiger charge is 2.45. The van der Waals surface area contributed by atoms with Crippen molar-refractivity contribution in [3.63, 3.8) is 0 Å². The first-order chi connectivity index (χ1) is 19.7. The summed E-state index contributed by atoms with van der Waals surface area (Å²) >= 11 is 0. The third kappa shape index (κ3) is 12.3. The number of hydrogen-bond acceptors (Lipinski definition) is 7. The van der Waals surface area contributed by atoms with E-state index in [4.69, 9.17) is 28.4 Å². The molecular weight excluding hydrogens is 556 g/mol. The van der Waals surface area contributed by atoms with Crippen molar-refractivity contribution in [2.24, 2.45) is 17.8 Å². The van der Waals surface area contributed by atoms with Crippen LogP contribution in [-0.4, -0.2) is 45.8 Å². The van der Waals surface area contributed by atoms with E-state index < -0.39 is 45.9 Å². The molecule has 2 aliphatic rings. The summed E-state index contributed by atoms with van der Waals surface area (Å²) < 4.78 is 39.2. The van der Waals surface area contributed by atoms with Crippen molar-refractivity contribution in [2.45, 2.75) is 165 Å². The van der Waals surface area contributed by atoms with Gasteiger partial charge in [0.25, 0.3) is 0 Å². The lowest BCUT2D eigenvalue weighted by molar-refractivity contribution is -0.0617. The van der Waals surface area contributed by atoms with Gasteiger partial charge in [-0.25, -0.2) is 0 Å². The zero-order valence-corrected chi connectivity index (χ0v) is 31.0. The molecule has 0 amide bonds. The SMILES string of the molecule is CC(C)COC1=CCC(C(O)C2CC=C(OC(C)(C)C)C(OC(C)(C)C)=C2OC(C)(C)C)C(OC(C)(C)C)=C1OC(C)(C)C. The second kappa shape index (κ2) is 13.6. The lowest BCUT2D eigenvalue weighted by Gasteiger charge is -2.41. The molecule has 0 aromatic heterocycles. The van der Waals surface area contributed by atoms with Crippen LogP contribution < -0.4 is 0 Å². The average Bonchev–Trinajstić information content (AvgIpc) is 2.76. The Kier molecular flexibility index (Phi) is 11.7. The monoisotopic (exact) mass is 620 g/mol. The minimum atomic E-state index is -0.892. The van der Waals surface area contributed by atoms with E-state index in [0.29, 0.717) is 59.9 Å². The van der Waals surface area contributed by atoms with Gasteiger partial charge in [0, 0.05) is 0 Å². The average molecular weight is 621 g/mol. The number of rotatable bonds is 10. The van der Waals surface area contributed by atoms with Crippen molar-refractivity contribution in [1.82, 2.24) is 0 Å². The van der Waals surface area contributed by atoms with Crippen molar-refractivity contribution in [3.8, 4) is 0 Å². The topological polar surface area (TPSA) is 75.6 Å². The van der Waals surface area contributed by atoms with E-state index in [-0.39, 0.29) is 0 Å². The molecule has 1 N–H and O–H groups in total. The lowest BCUT2D eigenvalue weighted by atomic mass is 9.79. The standard InChI is InChI=1S/C37H64O7/c1-23(2)22-39-26-20-18-24(29(41-34(6,7)8)31(26)43-36(12,13)14)28(38)25-19-21-27(40-33(3,4)5)32(44-37(15,16)17)30(25)42-35(9,10)11/h20-21,23-25,28,38H,18-19,22H2,1-17H3. The van der Waals surface area contributed by atoms with Gasteiger partial charge in [0.1, 0.15) is 39.5 Å². The molecule has 0 aromatic rings. The number of allylic oxidation sites excluding steroid dienone is 2. The van der Waals surface area contributed by atoms with Crippen LogP contribution >= 0.6 is 0 Å². The van der Waals surface area contributed by atoms with Crippen LogP contribution in [0.25, 0.3) is 0 Å². The van der Waals surface area contributed by atoms with Gasteiger partial charge in [-0.2, -0.15) is 0 Å². The molecule has 0 aliphatic heterocycles. The number of hydrogen-bond donors (Lipinski definition) is 1. The molecule has 3 atom stereocenters. The fourth-order valence-corrected chi connectivity index (χ4v) is 4.83. The van der Waals surface area contributed by atoms with E-state index >= 15 is 0 Å². The van der Waals surface area contributed by atoms with Crippen LogP contribution in [-0.2, 0) is 28.4 Å². The van der Waals surface area contributed by atoms with Gasteiger partial charge < -0.3 is 33.5 Å². The van der Waals surface area contributed by atoms with E-state index in [2.05, 4.69) is 13.8 Å². The van der Waals surface area contributed by atoms with Gasteiger partial charge in [0.2, 0.25) is 0 Å². The molecule has 254 valence electrons. The van der Waals surface area contributed by atoms with Crippen molar-refractivity contribution >= 4 is 0 Å². The number of aliphatic hydroxyl groups excluding tert-OH is 1. The molecule has 0 radical (unpaired) electrons. The van der Waals surface area contributed by atoms with Crippen molar-refractivity contribution in [2.75, 3.05) is 6.61 Å². The molecule has 7 nitrogen and oxygen atoms in total. The summed E-state index contributed by atoms with van der Waals surface area (Å²) in [6.45, 7) is 34.9. The minimum Gasteiger partial charge on any atom is -0.490 e. The van der Waals surface area contributed by atoms with Gasteiger partial charge >= 0.3 is 0 Å². The largest absolute Gasteiger partial charge is 0.490 e. The molecule has 44 heavy (non-hydrogen) atoms. The lowest BCUT2D eigenvalue weighted by Crippen LogP contribution is -2.40. The van der Waals surface area contributed by atoms with Crippen LogP contribution in [0.4, 0.5) is 0 Å². The second-order valence-corrected chi connectivity index (χ2v) is 17.5. The summed E-state index contributed by atoms with van der Waals surface area (Å²) in [5.74, 6) is 3.01. The molecule has 3 unspecified atom stereocenters.